The van der Waals surface area contributed by atoms with Crippen molar-refractivity contribution in [3.63, 3.8) is 0 Å². The van der Waals surface area contributed by atoms with Gasteiger partial charge in [-0.1, -0.05) is 0 Å². The van der Waals surface area contributed by atoms with E-state index in [1.165, 1.54) is 6.07 Å². The molecule has 0 atom stereocenters. The zero-order valence-electron chi connectivity index (χ0n) is 12.2. The maximum atomic E-state index is 10.7. The summed E-state index contributed by atoms with van der Waals surface area (Å²) in [5.41, 5.74) is 0.412. The van der Waals surface area contributed by atoms with E-state index in [1.807, 2.05) is 13.8 Å². The first-order valence-electron chi connectivity index (χ1n) is 6.65. The van der Waals surface area contributed by atoms with Gasteiger partial charge in [0.2, 0.25) is 0 Å². The molecule has 1 aromatic rings. The fraction of sp³-hybridized carbons (Fsp3) is 0.533. The van der Waals surface area contributed by atoms with Crippen LogP contribution >= 0.6 is 0 Å². The third-order valence-corrected chi connectivity index (χ3v) is 3.13. The van der Waals surface area contributed by atoms with Crippen LogP contribution in [0.2, 0.25) is 0 Å². The molecule has 0 N–H and O–H groups in total. The van der Waals surface area contributed by atoms with E-state index in [1.54, 1.807) is 19.1 Å². The molecule has 5 heteroatoms. The second-order valence-electron chi connectivity index (χ2n) is 5.51. The summed E-state index contributed by atoms with van der Waals surface area (Å²) < 4.78 is 5.56. The molecular weight excluding hydrogens is 256 g/mol. The molecular formula is C15H20N2O3. The average Bonchev–Trinajstić information content (AvgIpc) is 2.38. The lowest BCUT2D eigenvalue weighted by atomic mass is 9.89. The minimum absolute atomic E-state index is 0.105. The van der Waals surface area contributed by atoms with Crippen molar-refractivity contribution in [2.24, 2.45) is 5.41 Å². The number of unbranched alkanes of at least 4 members (excludes halogenated alkanes) is 1. The van der Waals surface area contributed by atoms with Crippen molar-refractivity contribution in [3.8, 4) is 11.8 Å². The van der Waals surface area contributed by atoms with Crippen molar-refractivity contribution >= 4 is 5.69 Å². The quantitative estimate of drug-likeness (QED) is 0.428. The van der Waals surface area contributed by atoms with Crippen LogP contribution in [0.1, 0.15) is 38.7 Å². The molecule has 0 aliphatic rings. The van der Waals surface area contributed by atoms with E-state index in [0.717, 1.165) is 19.3 Å². The lowest BCUT2D eigenvalue weighted by Crippen LogP contribution is -2.08. The molecule has 0 saturated heterocycles. The topological polar surface area (TPSA) is 76.2 Å². The van der Waals surface area contributed by atoms with Crippen LogP contribution in [-0.2, 0) is 0 Å². The van der Waals surface area contributed by atoms with Crippen LogP contribution in [0.5, 0.6) is 5.75 Å². The number of nitro groups is 1. The molecule has 108 valence electrons. The molecule has 0 aliphatic heterocycles. The maximum absolute atomic E-state index is 10.7. The molecule has 0 saturated carbocycles. The first kappa shape index (κ1) is 16.0. The Hall–Kier alpha value is -2.09. The van der Waals surface area contributed by atoms with Crippen LogP contribution in [0, 0.1) is 33.8 Å². The van der Waals surface area contributed by atoms with Crippen LogP contribution in [0.25, 0.3) is 0 Å². The number of nitrogens with zero attached hydrogens (tertiary/aromatic N) is 2. The number of hydrogen-bond donors (Lipinski definition) is 0. The second-order valence-corrected chi connectivity index (χ2v) is 5.51. The minimum Gasteiger partial charge on any atom is -0.494 e. The standard InChI is InChI=1S/C15H20N2O3/c1-12-10-13(6-7-14(12)17(18)19)20-9-5-4-8-15(2,3)11-16/h6-7,10H,4-5,8-9H2,1-3H3. The SMILES string of the molecule is Cc1cc(OCCCCC(C)(C)C#N)ccc1[N+](=O)[O-]. The maximum Gasteiger partial charge on any atom is 0.272 e. The Morgan fingerprint density at radius 1 is 1.40 bits per heavy atom. The van der Waals surface area contributed by atoms with E-state index in [-0.39, 0.29) is 11.1 Å². The van der Waals surface area contributed by atoms with Crippen LogP contribution in [0.4, 0.5) is 5.69 Å². The molecule has 0 aromatic heterocycles. The highest BCUT2D eigenvalue weighted by molar-refractivity contribution is 5.44. The highest BCUT2D eigenvalue weighted by Crippen LogP contribution is 2.24. The highest BCUT2D eigenvalue weighted by atomic mass is 16.6. The van der Waals surface area contributed by atoms with E-state index < -0.39 is 4.92 Å². The van der Waals surface area contributed by atoms with Crippen molar-refractivity contribution in [1.82, 2.24) is 0 Å². The molecule has 1 aromatic carbocycles. The summed E-state index contributed by atoms with van der Waals surface area (Å²) in [6, 6.07) is 7.02. The molecule has 0 bridgehead atoms. The monoisotopic (exact) mass is 276 g/mol. The Kier molecular flexibility index (Phi) is 5.51. The van der Waals surface area contributed by atoms with Gasteiger partial charge < -0.3 is 4.74 Å². The fourth-order valence-corrected chi connectivity index (χ4v) is 1.84. The van der Waals surface area contributed by atoms with E-state index in [9.17, 15) is 10.1 Å². The summed E-state index contributed by atoms with van der Waals surface area (Å²) in [6.45, 7) is 6.10. The van der Waals surface area contributed by atoms with Gasteiger partial charge in [-0.15, -0.1) is 0 Å². The molecule has 0 radical (unpaired) electrons. The third-order valence-electron chi connectivity index (χ3n) is 3.13. The first-order chi connectivity index (χ1) is 9.35. The predicted octanol–water partition coefficient (Wildman–Crippen LogP) is 4.00. The smallest absolute Gasteiger partial charge is 0.272 e. The largest absolute Gasteiger partial charge is 0.494 e. The summed E-state index contributed by atoms with van der Waals surface area (Å²) in [5, 5.41) is 19.6. The van der Waals surface area contributed by atoms with Gasteiger partial charge in [0.1, 0.15) is 5.75 Å². The van der Waals surface area contributed by atoms with Crippen LogP contribution in [-0.4, -0.2) is 11.5 Å². The van der Waals surface area contributed by atoms with Gasteiger partial charge in [-0.2, -0.15) is 5.26 Å². The summed E-state index contributed by atoms with van der Waals surface area (Å²) in [6.07, 6.45) is 2.62. The van der Waals surface area contributed by atoms with Crippen LogP contribution in [0.3, 0.4) is 0 Å². The number of rotatable bonds is 7. The van der Waals surface area contributed by atoms with Gasteiger partial charge in [-0.3, -0.25) is 10.1 Å². The number of benzene rings is 1. The molecule has 0 heterocycles. The first-order valence-corrected chi connectivity index (χ1v) is 6.65. The van der Waals surface area contributed by atoms with Crippen molar-refractivity contribution in [3.05, 3.63) is 33.9 Å². The van der Waals surface area contributed by atoms with Gasteiger partial charge >= 0.3 is 0 Å². The van der Waals surface area contributed by atoms with Crippen molar-refractivity contribution in [2.45, 2.75) is 40.0 Å². The predicted molar refractivity (Wildman–Crippen MR) is 76.6 cm³/mol. The zero-order valence-corrected chi connectivity index (χ0v) is 12.2. The third kappa shape index (κ3) is 4.88. The van der Waals surface area contributed by atoms with E-state index in [4.69, 9.17) is 10.00 Å². The summed E-state index contributed by atoms with van der Waals surface area (Å²) >= 11 is 0. The van der Waals surface area contributed by atoms with E-state index in [2.05, 4.69) is 6.07 Å². The molecule has 0 fully saturated rings. The molecule has 0 amide bonds. The van der Waals surface area contributed by atoms with Gasteiger partial charge in [-0.05, 0) is 52.2 Å². The molecule has 0 unspecified atom stereocenters. The lowest BCUT2D eigenvalue weighted by Gasteiger charge is -2.14. The minimum atomic E-state index is -0.400. The number of nitriles is 1. The van der Waals surface area contributed by atoms with Crippen LogP contribution in [0.15, 0.2) is 18.2 Å². The van der Waals surface area contributed by atoms with Crippen molar-refractivity contribution in [2.75, 3.05) is 6.61 Å². The zero-order chi connectivity index (χ0) is 15.2. The Morgan fingerprint density at radius 2 is 2.10 bits per heavy atom. The Balaban J connectivity index is 2.38. The average molecular weight is 276 g/mol. The number of ether oxygens (including phenoxy) is 1. The number of hydrogen-bond acceptors (Lipinski definition) is 4. The molecule has 20 heavy (non-hydrogen) atoms. The Bertz CT molecular complexity index is 518. The van der Waals surface area contributed by atoms with Crippen molar-refractivity contribution in [1.29, 1.82) is 5.26 Å². The summed E-state index contributed by atoms with van der Waals surface area (Å²) in [7, 11) is 0. The van der Waals surface area contributed by atoms with E-state index in [0.29, 0.717) is 17.9 Å². The summed E-state index contributed by atoms with van der Waals surface area (Å²) in [5.74, 6) is 0.646. The van der Waals surface area contributed by atoms with E-state index >= 15 is 0 Å². The normalized spacial score (nSPS) is 10.9. The van der Waals surface area contributed by atoms with Crippen molar-refractivity contribution < 1.29 is 9.66 Å². The fourth-order valence-electron chi connectivity index (χ4n) is 1.84. The molecule has 0 aliphatic carbocycles. The van der Waals surface area contributed by atoms with Gasteiger partial charge in [0.25, 0.3) is 5.69 Å². The van der Waals surface area contributed by atoms with Gasteiger partial charge in [0, 0.05) is 11.6 Å². The molecule has 5 nitrogen and oxygen atoms in total. The van der Waals surface area contributed by atoms with Gasteiger partial charge in [0.15, 0.2) is 0 Å². The van der Waals surface area contributed by atoms with Crippen LogP contribution < -0.4 is 4.74 Å². The summed E-state index contributed by atoms with van der Waals surface area (Å²) in [4.78, 5) is 10.3. The highest BCUT2D eigenvalue weighted by Gasteiger charge is 2.15. The van der Waals surface area contributed by atoms with Gasteiger partial charge in [-0.25, -0.2) is 0 Å². The van der Waals surface area contributed by atoms with Gasteiger partial charge in [0.05, 0.1) is 23.0 Å². The number of nitro benzene ring substituents is 1. The Labute approximate surface area is 119 Å². The molecule has 0 spiro atoms. The Morgan fingerprint density at radius 3 is 2.65 bits per heavy atom. The molecule has 1 rings (SSSR count). The second kappa shape index (κ2) is 6.90. The number of aryl methyl sites for hydroxylation is 1. The lowest BCUT2D eigenvalue weighted by molar-refractivity contribution is -0.385.